The largest absolute Gasteiger partial charge is 0.172 e. The Balaban J connectivity index is 3.56. The SMILES string of the molecule is CC/C(S)=C\C(C)S. The lowest BCUT2D eigenvalue weighted by Crippen LogP contribution is -1.82. The molecule has 1 atom stereocenters. The Bertz CT molecular complexity index is 84.5. The number of rotatable bonds is 2. The molecule has 2 heteroatoms. The van der Waals surface area contributed by atoms with Gasteiger partial charge in [0.25, 0.3) is 0 Å². The molecule has 0 aromatic rings. The monoisotopic (exact) mass is 148 g/mol. The number of allylic oxidation sites excluding steroid dienone is 1. The fourth-order valence-corrected chi connectivity index (χ4v) is 0.917. The first-order chi connectivity index (χ1) is 3.66. The molecule has 0 heterocycles. The highest BCUT2D eigenvalue weighted by Gasteiger charge is 1.87. The van der Waals surface area contributed by atoms with Gasteiger partial charge in [0.2, 0.25) is 0 Å². The van der Waals surface area contributed by atoms with Crippen molar-refractivity contribution in [2.24, 2.45) is 0 Å². The predicted molar refractivity (Wildman–Crippen MR) is 45.8 cm³/mol. The van der Waals surface area contributed by atoms with E-state index in [1.165, 1.54) is 0 Å². The lowest BCUT2D eigenvalue weighted by atomic mass is 10.3. The lowest BCUT2D eigenvalue weighted by Gasteiger charge is -1.95. The van der Waals surface area contributed by atoms with E-state index in [0.29, 0.717) is 5.25 Å². The summed E-state index contributed by atoms with van der Waals surface area (Å²) in [6.07, 6.45) is 3.04. The summed E-state index contributed by atoms with van der Waals surface area (Å²) in [6, 6.07) is 0. The van der Waals surface area contributed by atoms with Crippen LogP contribution in [0.4, 0.5) is 0 Å². The quantitative estimate of drug-likeness (QED) is 0.552. The smallest absolute Gasteiger partial charge is 0.0179 e. The molecule has 0 fully saturated rings. The molecule has 0 rings (SSSR count). The summed E-state index contributed by atoms with van der Waals surface area (Å²) >= 11 is 8.35. The molecule has 0 bridgehead atoms. The molecular weight excluding hydrogens is 136 g/mol. The van der Waals surface area contributed by atoms with Crippen LogP contribution in [0.5, 0.6) is 0 Å². The van der Waals surface area contributed by atoms with E-state index in [1.807, 2.05) is 13.0 Å². The predicted octanol–water partition coefficient (Wildman–Crippen LogP) is 2.53. The van der Waals surface area contributed by atoms with E-state index >= 15 is 0 Å². The van der Waals surface area contributed by atoms with Crippen LogP contribution in [0.2, 0.25) is 0 Å². The van der Waals surface area contributed by atoms with Crippen LogP contribution >= 0.6 is 25.3 Å². The molecule has 0 nitrogen and oxygen atoms in total. The second-order valence-electron chi connectivity index (χ2n) is 1.75. The van der Waals surface area contributed by atoms with Crippen LogP contribution < -0.4 is 0 Å². The molecular formula is C6H12S2. The molecule has 0 aliphatic heterocycles. The fourth-order valence-electron chi connectivity index (χ4n) is 0.396. The van der Waals surface area contributed by atoms with E-state index in [4.69, 9.17) is 0 Å². The molecule has 8 heavy (non-hydrogen) atoms. The van der Waals surface area contributed by atoms with Crippen molar-refractivity contribution in [3.8, 4) is 0 Å². The van der Waals surface area contributed by atoms with Gasteiger partial charge in [0.15, 0.2) is 0 Å². The first kappa shape index (κ1) is 8.44. The Kier molecular flexibility index (Phi) is 4.57. The van der Waals surface area contributed by atoms with Crippen molar-refractivity contribution in [2.75, 3.05) is 0 Å². The van der Waals surface area contributed by atoms with Gasteiger partial charge in [0.1, 0.15) is 0 Å². The highest BCUT2D eigenvalue weighted by Crippen LogP contribution is 2.08. The lowest BCUT2D eigenvalue weighted by molar-refractivity contribution is 1.15. The van der Waals surface area contributed by atoms with Gasteiger partial charge in [0.05, 0.1) is 0 Å². The minimum Gasteiger partial charge on any atom is -0.172 e. The first-order valence-electron chi connectivity index (χ1n) is 2.74. The maximum atomic E-state index is 4.18. The summed E-state index contributed by atoms with van der Waals surface area (Å²) in [5.41, 5.74) is 0. The van der Waals surface area contributed by atoms with E-state index in [1.54, 1.807) is 0 Å². The fraction of sp³-hybridized carbons (Fsp3) is 0.667. The second-order valence-corrected chi connectivity index (χ2v) is 3.14. The normalized spacial score (nSPS) is 16.2. The van der Waals surface area contributed by atoms with Gasteiger partial charge < -0.3 is 0 Å². The molecule has 0 N–H and O–H groups in total. The van der Waals surface area contributed by atoms with Crippen molar-refractivity contribution in [3.05, 3.63) is 11.0 Å². The summed E-state index contributed by atoms with van der Waals surface area (Å²) in [5, 5.41) is 0.336. The number of thiol groups is 2. The maximum Gasteiger partial charge on any atom is 0.0179 e. The van der Waals surface area contributed by atoms with Gasteiger partial charge in [-0.2, -0.15) is 12.6 Å². The maximum absolute atomic E-state index is 4.18. The van der Waals surface area contributed by atoms with E-state index in [0.717, 1.165) is 11.3 Å². The highest BCUT2D eigenvalue weighted by molar-refractivity contribution is 7.84. The molecule has 0 saturated carbocycles. The van der Waals surface area contributed by atoms with Crippen molar-refractivity contribution in [3.63, 3.8) is 0 Å². The summed E-state index contributed by atoms with van der Waals surface area (Å²) in [7, 11) is 0. The topological polar surface area (TPSA) is 0 Å². The van der Waals surface area contributed by atoms with Crippen molar-refractivity contribution in [2.45, 2.75) is 25.5 Å². The Morgan fingerprint density at radius 1 is 1.75 bits per heavy atom. The van der Waals surface area contributed by atoms with Crippen LogP contribution in [-0.2, 0) is 0 Å². The van der Waals surface area contributed by atoms with E-state index in [9.17, 15) is 0 Å². The zero-order valence-corrected chi connectivity index (χ0v) is 7.05. The molecule has 0 spiro atoms. The van der Waals surface area contributed by atoms with E-state index in [2.05, 4.69) is 32.2 Å². The Labute approximate surface area is 62.2 Å². The summed E-state index contributed by atoms with van der Waals surface area (Å²) in [5.74, 6) is 0. The first-order valence-corrected chi connectivity index (χ1v) is 3.71. The molecule has 0 saturated heterocycles. The van der Waals surface area contributed by atoms with Crippen molar-refractivity contribution in [1.82, 2.24) is 0 Å². The standard InChI is InChI=1S/C6H12S2/c1-3-6(8)4-5(2)7/h4-5,7-8H,3H2,1-2H3/b6-4+. The van der Waals surface area contributed by atoms with Gasteiger partial charge in [-0.3, -0.25) is 0 Å². The van der Waals surface area contributed by atoms with E-state index in [-0.39, 0.29) is 0 Å². The molecule has 0 aromatic heterocycles. The van der Waals surface area contributed by atoms with Crippen LogP contribution in [0, 0.1) is 0 Å². The summed E-state index contributed by atoms with van der Waals surface area (Å²) in [4.78, 5) is 1.12. The molecule has 48 valence electrons. The average molecular weight is 148 g/mol. The molecule has 0 aliphatic rings. The number of hydrogen-bond acceptors (Lipinski definition) is 2. The van der Waals surface area contributed by atoms with Crippen LogP contribution in [-0.4, -0.2) is 5.25 Å². The van der Waals surface area contributed by atoms with Crippen LogP contribution in [0.25, 0.3) is 0 Å². The zero-order valence-electron chi connectivity index (χ0n) is 5.26. The summed E-state index contributed by atoms with van der Waals surface area (Å²) < 4.78 is 0. The minimum absolute atomic E-state index is 0.336. The third kappa shape index (κ3) is 4.60. The van der Waals surface area contributed by atoms with Crippen molar-refractivity contribution >= 4 is 25.3 Å². The van der Waals surface area contributed by atoms with Gasteiger partial charge in [-0.25, -0.2) is 0 Å². The second kappa shape index (κ2) is 4.33. The molecule has 0 radical (unpaired) electrons. The Morgan fingerprint density at radius 2 is 2.25 bits per heavy atom. The highest BCUT2D eigenvalue weighted by atomic mass is 32.1. The molecule has 0 amide bonds. The van der Waals surface area contributed by atoms with Gasteiger partial charge in [-0.15, -0.1) is 12.6 Å². The van der Waals surface area contributed by atoms with Gasteiger partial charge >= 0.3 is 0 Å². The van der Waals surface area contributed by atoms with E-state index < -0.39 is 0 Å². The van der Waals surface area contributed by atoms with Crippen LogP contribution in [0.1, 0.15) is 20.3 Å². The van der Waals surface area contributed by atoms with Crippen molar-refractivity contribution < 1.29 is 0 Å². The molecule has 1 unspecified atom stereocenters. The van der Waals surface area contributed by atoms with Gasteiger partial charge in [-0.1, -0.05) is 13.0 Å². The van der Waals surface area contributed by atoms with Crippen molar-refractivity contribution in [1.29, 1.82) is 0 Å². The van der Waals surface area contributed by atoms with Crippen LogP contribution in [0.3, 0.4) is 0 Å². The third-order valence-electron chi connectivity index (χ3n) is 0.796. The summed E-state index contributed by atoms with van der Waals surface area (Å²) in [6.45, 7) is 4.10. The molecule has 0 aromatic carbocycles. The van der Waals surface area contributed by atoms with Crippen LogP contribution in [0.15, 0.2) is 11.0 Å². The van der Waals surface area contributed by atoms with Gasteiger partial charge in [0, 0.05) is 5.25 Å². The third-order valence-corrected chi connectivity index (χ3v) is 1.41. The zero-order chi connectivity index (χ0) is 6.57. The minimum atomic E-state index is 0.336. The Hall–Kier alpha value is 0.440. The Morgan fingerprint density at radius 3 is 2.38 bits per heavy atom. The average Bonchev–Trinajstić information content (AvgIpc) is 1.65. The molecule has 0 aliphatic carbocycles. The van der Waals surface area contributed by atoms with Gasteiger partial charge in [-0.05, 0) is 18.2 Å². The number of hydrogen-bond donors (Lipinski definition) is 2.